The fourth-order valence-electron chi connectivity index (χ4n) is 0.979. The molecular weight excluding hydrogens is 136 g/mol. The minimum Gasteiger partial charge on any atom is -0.316 e. The molecule has 0 fully saturated rings. The molecule has 0 aliphatic rings. The third-order valence-electron chi connectivity index (χ3n) is 1.69. The third-order valence-corrected chi connectivity index (χ3v) is 1.69. The van der Waals surface area contributed by atoms with Crippen LogP contribution in [-0.4, -0.2) is 26.2 Å². The molecule has 0 aromatic carbocycles. The zero-order valence-electron chi connectivity index (χ0n) is 7.95. The normalized spacial score (nSPS) is 10.4. The Balaban J connectivity index is 2.69. The van der Waals surface area contributed by atoms with Gasteiger partial charge < -0.3 is 10.6 Å². The molecule has 0 heterocycles. The monoisotopic (exact) mass is 158 g/mol. The van der Waals surface area contributed by atoms with E-state index in [1.807, 2.05) is 0 Å². The van der Waals surface area contributed by atoms with Gasteiger partial charge in [-0.2, -0.15) is 0 Å². The van der Waals surface area contributed by atoms with Gasteiger partial charge in [0.2, 0.25) is 0 Å². The first-order valence-corrected chi connectivity index (χ1v) is 4.83. The van der Waals surface area contributed by atoms with Gasteiger partial charge in [-0.05, 0) is 19.5 Å². The molecule has 0 atom stereocenters. The zero-order valence-corrected chi connectivity index (χ0v) is 7.95. The topological polar surface area (TPSA) is 24.1 Å². The highest BCUT2D eigenvalue weighted by molar-refractivity contribution is 4.50. The number of hydrogen-bond donors (Lipinski definition) is 2. The molecule has 0 amide bonds. The van der Waals surface area contributed by atoms with Crippen molar-refractivity contribution in [2.45, 2.75) is 33.1 Å². The summed E-state index contributed by atoms with van der Waals surface area (Å²) in [5, 5.41) is 6.67. The van der Waals surface area contributed by atoms with Gasteiger partial charge in [0.15, 0.2) is 0 Å². The summed E-state index contributed by atoms with van der Waals surface area (Å²) in [6.07, 6.45) is 3.99. The standard InChI is InChI=1S/C9H22N2/c1-3-5-6-7-11-9-8-10-4-2/h10-11H,3-9H2,1-2H3. The van der Waals surface area contributed by atoms with E-state index in [9.17, 15) is 0 Å². The average molecular weight is 158 g/mol. The van der Waals surface area contributed by atoms with Gasteiger partial charge in [-0.3, -0.25) is 0 Å². The molecule has 0 bridgehead atoms. The highest BCUT2D eigenvalue weighted by Gasteiger charge is 1.86. The number of nitrogens with one attached hydrogen (secondary N) is 2. The predicted molar refractivity (Wildman–Crippen MR) is 50.9 cm³/mol. The Bertz CT molecular complexity index is 56.6. The van der Waals surface area contributed by atoms with Crippen LogP contribution in [0.25, 0.3) is 0 Å². The van der Waals surface area contributed by atoms with E-state index < -0.39 is 0 Å². The quantitative estimate of drug-likeness (QED) is 0.521. The minimum absolute atomic E-state index is 1.08. The maximum atomic E-state index is 3.39. The van der Waals surface area contributed by atoms with E-state index >= 15 is 0 Å². The lowest BCUT2D eigenvalue weighted by Gasteiger charge is -2.03. The first kappa shape index (κ1) is 10.9. The highest BCUT2D eigenvalue weighted by Crippen LogP contribution is 1.90. The van der Waals surface area contributed by atoms with E-state index in [1.165, 1.54) is 25.8 Å². The Labute approximate surface area is 70.8 Å². The van der Waals surface area contributed by atoms with E-state index in [-0.39, 0.29) is 0 Å². The fourth-order valence-corrected chi connectivity index (χ4v) is 0.979. The van der Waals surface area contributed by atoms with E-state index in [4.69, 9.17) is 0 Å². The summed E-state index contributed by atoms with van der Waals surface area (Å²) in [6.45, 7) is 8.84. The van der Waals surface area contributed by atoms with E-state index in [1.54, 1.807) is 0 Å². The van der Waals surface area contributed by atoms with Crippen LogP contribution in [0.2, 0.25) is 0 Å². The Hall–Kier alpha value is -0.0800. The Morgan fingerprint density at radius 2 is 1.55 bits per heavy atom. The van der Waals surface area contributed by atoms with Crippen LogP contribution >= 0.6 is 0 Å². The van der Waals surface area contributed by atoms with Crippen molar-refractivity contribution in [1.29, 1.82) is 0 Å². The van der Waals surface area contributed by atoms with Crippen LogP contribution in [0.3, 0.4) is 0 Å². The summed E-state index contributed by atoms with van der Waals surface area (Å²) in [5.74, 6) is 0. The van der Waals surface area contributed by atoms with Crippen LogP contribution in [0.15, 0.2) is 0 Å². The molecule has 0 radical (unpaired) electrons. The molecule has 0 unspecified atom stereocenters. The molecule has 0 aromatic heterocycles. The SMILES string of the molecule is CCCCCNCCNCC. The molecule has 0 saturated heterocycles. The van der Waals surface area contributed by atoms with Gasteiger partial charge in [0.25, 0.3) is 0 Å². The Morgan fingerprint density at radius 1 is 0.818 bits per heavy atom. The largest absolute Gasteiger partial charge is 0.316 e. The van der Waals surface area contributed by atoms with Crippen LogP contribution in [0.5, 0.6) is 0 Å². The van der Waals surface area contributed by atoms with Crippen LogP contribution in [-0.2, 0) is 0 Å². The molecule has 0 aliphatic carbocycles. The maximum absolute atomic E-state index is 3.39. The first-order valence-electron chi connectivity index (χ1n) is 4.83. The molecule has 2 nitrogen and oxygen atoms in total. The number of unbranched alkanes of at least 4 members (excludes halogenated alkanes) is 2. The summed E-state index contributed by atoms with van der Waals surface area (Å²) in [7, 11) is 0. The molecule has 2 heteroatoms. The summed E-state index contributed by atoms with van der Waals surface area (Å²) < 4.78 is 0. The van der Waals surface area contributed by atoms with Gasteiger partial charge >= 0.3 is 0 Å². The smallest absolute Gasteiger partial charge is 0.00767 e. The molecule has 68 valence electrons. The van der Waals surface area contributed by atoms with E-state index in [0.717, 1.165) is 19.6 Å². The predicted octanol–water partition coefficient (Wildman–Crippen LogP) is 1.38. The van der Waals surface area contributed by atoms with Crippen LogP contribution in [0.4, 0.5) is 0 Å². The van der Waals surface area contributed by atoms with Crippen molar-refractivity contribution in [2.75, 3.05) is 26.2 Å². The molecule has 0 rings (SSSR count). The lowest BCUT2D eigenvalue weighted by molar-refractivity contribution is 0.589. The zero-order chi connectivity index (χ0) is 8.36. The Kier molecular flexibility index (Phi) is 9.85. The summed E-state index contributed by atoms with van der Waals surface area (Å²) in [4.78, 5) is 0. The van der Waals surface area contributed by atoms with Crippen molar-refractivity contribution >= 4 is 0 Å². The third kappa shape index (κ3) is 9.92. The number of hydrogen-bond acceptors (Lipinski definition) is 2. The van der Waals surface area contributed by atoms with Gasteiger partial charge in [0, 0.05) is 13.1 Å². The molecule has 0 aromatic rings. The average Bonchev–Trinajstić information content (AvgIpc) is 2.03. The van der Waals surface area contributed by atoms with Crippen molar-refractivity contribution in [1.82, 2.24) is 10.6 Å². The Morgan fingerprint density at radius 3 is 2.18 bits per heavy atom. The van der Waals surface area contributed by atoms with Crippen LogP contribution in [0.1, 0.15) is 33.1 Å². The molecule has 11 heavy (non-hydrogen) atoms. The lowest BCUT2D eigenvalue weighted by Crippen LogP contribution is -2.27. The maximum Gasteiger partial charge on any atom is 0.00767 e. The van der Waals surface area contributed by atoms with Gasteiger partial charge in [-0.25, -0.2) is 0 Å². The van der Waals surface area contributed by atoms with Gasteiger partial charge in [-0.1, -0.05) is 26.7 Å². The summed E-state index contributed by atoms with van der Waals surface area (Å²) in [5.41, 5.74) is 0. The second-order valence-electron chi connectivity index (χ2n) is 2.81. The van der Waals surface area contributed by atoms with Gasteiger partial charge in [0.05, 0.1) is 0 Å². The van der Waals surface area contributed by atoms with Crippen molar-refractivity contribution in [3.8, 4) is 0 Å². The van der Waals surface area contributed by atoms with Crippen molar-refractivity contribution < 1.29 is 0 Å². The van der Waals surface area contributed by atoms with E-state index in [2.05, 4.69) is 24.5 Å². The first-order chi connectivity index (χ1) is 5.41. The van der Waals surface area contributed by atoms with Crippen molar-refractivity contribution in [3.63, 3.8) is 0 Å². The summed E-state index contributed by atoms with van der Waals surface area (Å²) in [6, 6.07) is 0. The van der Waals surface area contributed by atoms with Crippen LogP contribution < -0.4 is 10.6 Å². The van der Waals surface area contributed by atoms with E-state index in [0.29, 0.717) is 0 Å². The van der Waals surface area contributed by atoms with Gasteiger partial charge in [0.1, 0.15) is 0 Å². The molecule has 0 spiro atoms. The molecule has 0 saturated carbocycles. The minimum atomic E-state index is 1.08. The highest BCUT2D eigenvalue weighted by atomic mass is 14.9. The molecular formula is C9H22N2. The lowest BCUT2D eigenvalue weighted by atomic mass is 10.2. The number of likely N-dealkylation sites (N-methyl/N-ethyl adjacent to an activating group) is 1. The summed E-state index contributed by atoms with van der Waals surface area (Å²) >= 11 is 0. The number of rotatable bonds is 8. The second kappa shape index (κ2) is 9.92. The van der Waals surface area contributed by atoms with Crippen molar-refractivity contribution in [2.24, 2.45) is 0 Å². The molecule has 2 N–H and O–H groups in total. The second-order valence-corrected chi connectivity index (χ2v) is 2.81. The van der Waals surface area contributed by atoms with Crippen LogP contribution in [0, 0.1) is 0 Å². The van der Waals surface area contributed by atoms with Gasteiger partial charge in [-0.15, -0.1) is 0 Å². The molecule has 0 aliphatic heterocycles. The fraction of sp³-hybridized carbons (Fsp3) is 1.00. The van der Waals surface area contributed by atoms with Crippen molar-refractivity contribution in [3.05, 3.63) is 0 Å².